The summed E-state index contributed by atoms with van der Waals surface area (Å²) in [6.45, 7) is 0. The normalized spacial score (nSPS) is 17.4. The van der Waals surface area contributed by atoms with Gasteiger partial charge in [0.1, 0.15) is 11.3 Å². The minimum atomic E-state index is -3.70. The topological polar surface area (TPSA) is 75.2 Å². The van der Waals surface area contributed by atoms with E-state index >= 15 is 0 Å². The highest BCUT2D eigenvalue weighted by Gasteiger charge is 2.28. The first-order valence-corrected chi connectivity index (χ1v) is 8.53. The summed E-state index contributed by atoms with van der Waals surface area (Å²) in [5, 5.41) is 0.00877. The first kappa shape index (κ1) is 15.8. The van der Waals surface area contributed by atoms with Crippen molar-refractivity contribution in [3.63, 3.8) is 0 Å². The van der Waals surface area contributed by atoms with Crippen LogP contribution >= 0.6 is 23.2 Å². The van der Waals surface area contributed by atoms with E-state index in [1.165, 1.54) is 4.31 Å². The van der Waals surface area contributed by atoms with Crippen LogP contribution in [0.2, 0.25) is 10.2 Å². The number of nitrogens with one attached hydrogen (secondary N) is 1. The fourth-order valence-electron chi connectivity index (χ4n) is 2.25. The van der Waals surface area contributed by atoms with E-state index in [2.05, 4.69) is 14.7 Å². The molecule has 20 heavy (non-hydrogen) atoms. The molecule has 0 atom stereocenters. The van der Waals surface area contributed by atoms with Crippen molar-refractivity contribution in [1.82, 2.24) is 14.3 Å². The second-order valence-corrected chi connectivity index (χ2v) is 7.21. The van der Waals surface area contributed by atoms with Gasteiger partial charge in [-0.25, -0.2) is 9.97 Å². The van der Waals surface area contributed by atoms with Gasteiger partial charge in [0.15, 0.2) is 11.0 Å². The molecule has 1 aromatic rings. The SMILES string of the molecule is CN(C1CCCCC1)S(=O)(=O)Nc1ncnc(Cl)c1Cl. The molecule has 6 nitrogen and oxygen atoms in total. The Bertz CT molecular complexity index is 576. The van der Waals surface area contributed by atoms with Crippen LogP contribution in [0.1, 0.15) is 32.1 Å². The van der Waals surface area contributed by atoms with Gasteiger partial charge in [-0.2, -0.15) is 12.7 Å². The van der Waals surface area contributed by atoms with Gasteiger partial charge in [-0.1, -0.05) is 42.5 Å². The Labute approximate surface area is 128 Å². The highest BCUT2D eigenvalue weighted by Crippen LogP contribution is 2.28. The summed E-state index contributed by atoms with van der Waals surface area (Å²) >= 11 is 11.6. The third-order valence-electron chi connectivity index (χ3n) is 3.44. The van der Waals surface area contributed by atoms with Gasteiger partial charge in [0, 0.05) is 13.1 Å². The Balaban J connectivity index is 2.15. The minimum Gasteiger partial charge on any atom is -0.253 e. The zero-order valence-electron chi connectivity index (χ0n) is 11.0. The molecule has 1 N–H and O–H groups in total. The Morgan fingerprint density at radius 2 is 1.90 bits per heavy atom. The second-order valence-electron chi connectivity index (χ2n) is 4.74. The van der Waals surface area contributed by atoms with Crippen molar-refractivity contribution in [2.24, 2.45) is 0 Å². The molecule has 1 saturated carbocycles. The summed E-state index contributed by atoms with van der Waals surface area (Å²) in [4.78, 5) is 7.49. The number of nitrogens with zero attached hydrogens (tertiary/aromatic N) is 3. The average molecular weight is 339 g/mol. The van der Waals surface area contributed by atoms with E-state index in [0.717, 1.165) is 38.4 Å². The molecule has 1 aliphatic carbocycles. The van der Waals surface area contributed by atoms with Crippen LogP contribution in [0.15, 0.2) is 6.33 Å². The van der Waals surface area contributed by atoms with Crippen LogP contribution in [0.4, 0.5) is 5.82 Å². The molecule has 0 spiro atoms. The van der Waals surface area contributed by atoms with Crippen LogP contribution in [-0.2, 0) is 10.2 Å². The molecule has 2 rings (SSSR count). The van der Waals surface area contributed by atoms with Crippen molar-refractivity contribution in [1.29, 1.82) is 0 Å². The maximum Gasteiger partial charge on any atom is 0.302 e. The molecule has 0 radical (unpaired) electrons. The van der Waals surface area contributed by atoms with Crippen molar-refractivity contribution in [2.45, 2.75) is 38.1 Å². The van der Waals surface area contributed by atoms with E-state index in [-0.39, 0.29) is 22.0 Å². The van der Waals surface area contributed by atoms with Crippen LogP contribution in [-0.4, -0.2) is 35.8 Å². The standard InChI is InChI=1S/C11H16Cl2N4O2S/c1-17(8-5-3-2-4-6-8)20(18,19)16-11-9(12)10(13)14-7-15-11/h7-8H,2-6H2,1H3,(H,14,15,16). The van der Waals surface area contributed by atoms with E-state index in [1.807, 2.05) is 0 Å². The summed E-state index contributed by atoms with van der Waals surface area (Å²) < 4.78 is 28.3. The molecule has 1 heterocycles. The molecule has 0 saturated heterocycles. The van der Waals surface area contributed by atoms with E-state index in [1.54, 1.807) is 7.05 Å². The molecule has 112 valence electrons. The van der Waals surface area contributed by atoms with Crippen molar-refractivity contribution >= 4 is 39.2 Å². The number of rotatable bonds is 4. The van der Waals surface area contributed by atoms with Crippen molar-refractivity contribution in [2.75, 3.05) is 11.8 Å². The predicted octanol–water partition coefficient (Wildman–Crippen LogP) is 2.70. The number of hydrogen-bond acceptors (Lipinski definition) is 4. The smallest absolute Gasteiger partial charge is 0.253 e. The number of halogens is 2. The zero-order chi connectivity index (χ0) is 14.8. The van der Waals surface area contributed by atoms with Crippen molar-refractivity contribution in [3.8, 4) is 0 Å². The Kier molecular flexibility index (Phi) is 5.06. The number of aromatic nitrogens is 2. The largest absolute Gasteiger partial charge is 0.302 e. The summed E-state index contributed by atoms with van der Waals surface area (Å²) in [5.74, 6) is -0.00525. The molecule has 0 aromatic carbocycles. The van der Waals surface area contributed by atoms with E-state index < -0.39 is 10.2 Å². The minimum absolute atomic E-state index is 0.00483. The first-order chi connectivity index (χ1) is 9.42. The van der Waals surface area contributed by atoms with Gasteiger partial charge in [-0.15, -0.1) is 0 Å². The average Bonchev–Trinajstić information content (AvgIpc) is 2.44. The van der Waals surface area contributed by atoms with Gasteiger partial charge < -0.3 is 0 Å². The Hall–Kier alpha value is -0.630. The molecule has 1 fully saturated rings. The highest BCUT2D eigenvalue weighted by atomic mass is 35.5. The van der Waals surface area contributed by atoms with Gasteiger partial charge in [0.2, 0.25) is 0 Å². The van der Waals surface area contributed by atoms with Crippen LogP contribution in [0.25, 0.3) is 0 Å². The van der Waals surface area contributed by atoms with Crippen LogP contribution in [0.3, 0.4) is 0 Å². The Morgan fingerprint density at radius 3 is 2.55 bits per heavy atom. The maximum absolute atomic E-state index is 12.3. The highest BCUT2D eigenvalue weighted by molar-refractivity contribution is 7.90. The van der Waals surface area contributed by atoms with E-state index in [9.17, 15) is 8.42 Å². The van der Waals surface area contributed by atoms with Crippen LogP contribution in [0, 0.1) is 0 Å². The summed E-state index contributed by atoms with van der Waals surface area (Å²) in [6, 6.07) is 0.0114. The lowest BCUT2D eigenvalue weighted by Gasteiger charge is -2.30. The predicted molar refractivity (Wildman–Crippen MR) is 79.2 cm³/mol. The van der Waals surface area contributed by atoms with Gasteiger partial charge in [0.05, 0.1) is 0 Å². The van der Waals surface area contributed by atoms with Gasteiger partial charge in [0.25, 0.3) is 0 Å². The quantitative estimate of drug-likeness (QED) is 0.856. The Morgan fingerprint density at radius 1 is 1.25 bits per heavy atom. The molecule has 0 unspecified atom stereocenters. The zero-order valence-corrected chi connectivity index (χ0v) is 13.3. The van der Waals surface area contributed by atoms with Gasteiger partial charge in [-0.05, 0) is 12.8 Å². The van der Waals surface area contributed by atoms with E-state index in [0.29, 0.717) is 0 Å². The van der Waals surface area contributed by atoms with Gasteiger partial charge >= 0.3 is 10.2 Å². The molecule has 0 amide bonds. The third kappa shape index (κ3) is 3.52. The summed E-state index contributed by atoms with van der Waals surface area (Å²) in [7, 11) is -2.14. The summed E-state index contributed by atoms with van der Waals surface area (Å²) in [5.41, 5.74) is 0. The van der Waals surface area contributed by atoms with Crippen LogP contribution < -0.4 is 4.72 Å². The molecule has 9 heteroatoms. The number of hydrogen-bond donors (Lipinski definition) is 1. The lowest BCUT2D eigenvalue weighted by Crippen LogP contribution is -2.41. The number of anilines is 1. The molecule has 0 bridgehead atoms. The molecule has 1 aliphatic rings. The third-order valence-corrected chi connectivity index (χ3v) is 5.69. The summed E-state index contributed by atoms with van der Waals surface area (Å²) in [6.07, 6.45) is 6.15. The second kappa shape index (κ2) is 6.43. The van der Waals surface area contributed by atoms with Crippen LogP contribution in [0.5, 0.6) is 0 Å². The lowest BCUT2D eigenvalue weighted by molar-refractivity contribution is 0.287. The van der Waals surface area contributed by atoms with Gasteiger partial charge in [-0.3, -0.25) is 4.72 Å². The molecular formula is C11H16Cl2N4O2S. The molecular weight excluding hydrogens is 323 g/mol. The van der Waals surface area contributed by atoms with Crippen molar-refractivity contribution < 1.29 is 8.42 Å². The first-order valence-electron chi connectivity index (χ1n) is 6.33. The molecule has 1 aromatic heterocycles. The van der Waals surface area contributed by atoms with Crippen molar-refractivity contribution in [3.05, 3.63) is 16.5 Å². The fraction of sp³-hybridized carbons (Fsp3) is 0.636. The lowest BCUT2D eigenvalue weighted by atomic mass is 9.96. The van der Waals surface area contributed by atoms with E-state index in [4.69, 9.17) is 23.2 Å². The maximum atomic E-state index is 12.3. The monoisotopic (exact) mass is 338 g/mol. The molecule has 0 aliphatic heterocycles. The fourth-order valence-corrected chi connectivity index (χ4v) is 3.73.